The van der Waals surface area contributed by atoms with Gasteiger partial charge in [0, 0.05) is 25.2 Å². The molecule has 1 unspecified atom stereocenters. The van der Waals surface area contributed by atoms with Crippen molar-refractivity contribution in [3.05, 3.63) is 35.0 Å². The molecule has 0 aliphatic heterocycles. The molecule has 0 saturated carbocycles. The average Bonchev–Trinajstić information content (AvgIpc) is 2.59. The third-order valence-electron chi connectivity index (χ3n) is 2.55. The SMILES string of the molecule is Cn1ccc2cc(C(O)CN)cc(Cl)c21. The summed E-state index contributed by atoms with van der Waals surface area (Å²) < 4.78 is 1.95. The Bertz CT molecular complexity index is 493. The fourth-order valence-corrected chi connectivity index (χ4v) is 2.10. The second-order valence-corrected chi connectivity index (χ2v) is 4.03. The maximum Gasteiger partial charge on any atom is 0.0912 e. The predicted octanol–water partition coefficient (Wildman–Crippen LogP) is 1.82. The topological polar surface area (TPSA) is 51.2 Å². The number of aliphatic hydroxyl groups excluding tert-OH is 1. The van der Waals surface area contributed by atoms with Gasteiger partial charge in [0.15, 0.2) is 0 Å². The number of nitrogens with zero attached hydrogens (tertiary/aromatic N) is 1. The number of aryl methyl sites for hydroxylation is 1. The van der Waals surface area contributed by atoms with Gasteiger partial charge in [-0.05, 0) is 23.8 Å². The van der Waals surface area contributed by atoms with Gasteiger partial charge in [-0.3, -0.25) is 0 Å². The van der Waals surface area contributed by atoms with E-state index < -0.39 is 6.10 Å². The highest BCUT2D eigenvalue weighted by Gasteiger charge is 2.10. The van der Waals surface area contributed by atoms with Crippen molar-refractivity contribution in [2.24, 2.45) is 12.8 Å². The first-order valence-electron chi connectivity index (χ1n) is 4.76. The van der Waals surface area contributed by atoms with E-state index in [-0.39, 0.29) is 6.54 Å². The lowest BCUT2D eigenvalue weighted by atomic mass is 10.1. The van der Waals surface area contributed by atoms with Crippen LogP contribution < -0.4 is 5.73 Å². The number of benzene rings is 1. The molecule has 3 N–H and O–H groups in total. The lowest BCUT2D eigenvalue weighted by Gasteiger charge is -2.09. The molecule has 0 spiro atoms. The summed E-state index contributed by atoms with van der Waals surface area (Å²) in [5.41, 5.74) is 7.15. The maximum absolute atomic E-state index is 9.63. The summed E-state index contributed by atoms with van der Waals surface area (Å²) in [7, 11) is 1.94. The van der Waals surface area contributed by atoms with Crippen LogP contribution in [0.1, 0.15) is 11.7 Å². The Morgan fingerprint density at radius 1 is 1.53 bits per heavy atom. The lowest BCUT2D eigenvalue weighted by Crippen LogP contribution is -2.11. The van der Waals surface area contributed by atoms with Crippen LogP contribution in [0.5, 0.6) is 0 Å². The van der Waals surface area contributed by atoms with Crippen molar-refractivity contribution in [1.82, 2.24) is 4.57 Å². The minimum Gasteiger partial charge on any atom is -0.387 e. The first-order chi connectivity index (χ1) is 7.13. The van der Waals surface area contributed by atoms with E-state index in [0.717, 1.165) is 16.5 Å². The molecule has 15 heavy (non-hydrogen) atoms. The molecule has 0 aliphatic rings. The van der Waals surface area contributed by atoms with Crippen molar-refractivity contribution in [1.29, 1.82) is 0 Å². The highest BCUT2D eigenvalue weighted by atomic mass is 35.5. The second-order valence-electron chi connectivity index (χ2n) is 3.62. The zero-order chi connectivity index (χ0) is 11.0. The molecule has 2 aromatic rings. The minimum atomic E-state index is -0.646. The van der Waals surface area contributed by atoms with Crippen molar-refractivity contribution in [3.8, 4) is 0 Å². The Balaban J connectivity index is 2.63. The Morgan fingerprint density at radius 3 is 2.93 bits per heavy atom. The number of nitrogens with two attached hydrogens (primary N) is 1. The monoisotopic (exact) mass is 224 g/mol. The highest BCUT2D eigenvalue weighted by Crippen LogP contribution is 2.28. The minimum absolute atomic E-state index is 0.203. The zero-order valence-corrected chi connectivity index (χ0v) is 9.20. The van der Waals surface area contributed by atoms with Gasteiger partial charge in [-0.15, -0.1) is 0 Å². The van der Waals surface area contributed by atoms with E-state index in [2.05, 4.69) is 0 Å². The molecule has 3 nitrogen and oxygen atoms in total. The maximum atomic E-state index is 9.63. The van der Waals surface area contributed by atoms with Crippen LogP contribution in [0.2, 0.25) is 5.02 Å². The van der Waals surface area contributed by atoms with Gasteiger partial charge in [0.05, 0.1) is 16.6 Å². The summed E-state index contributed by atoms with van der Waals surface area (Å²) in [6.07, 6.45) is 1.29. The molecule has 0 fully saturated rings. The molecule has 0 saturated heterocycles. The van der Waals surface area contributed by atoms with Gasteiger partial charge in [-0.25, -0.2) is 0 Å². The van der Waals surface area contributed by atoms with Gasteiger partial charge in [-0.1, -0.05) is 11.6 Å². The van der Waals surface area contributed by atoms with Crippen molar-refractivity contribution in [2.45, 2.75) is 6.10 Å². The van der Waals surface area contributed by atoms with Crippen LogP contribution in [0.4, 0.5) is 0 Å². The van der Waals surface area contributed by atoms with Gasteiger partial charge in [0.1, 0.15) is 0 Å². The Kier molecular flexibility index (Phi) is 2.69. The number of halogens is 1. The van der Waals surface area contributed by atoms with E-state index in [1.807, 2.05) is 29.9 Å². The molecular formula is C11H13ClN2O. The average molecular weight is 225 g/mol. The quantitative estimate of drug-likeness (QED) is 0.818. The van der Waals surface area contributed by atoms with Crippen LogP contribution in [0.25, 0.3) is 10.9 Å². The van der Waals surface area contributed by atoms with Crippen LogP contribution >= 0.6 is 11.6 Å². The molecule has 1 aromatic carbocycles. The Hall–Kier alpha value is -1.03. The van der Waals surface area contributed by atoms with Crippen LogP contribution in [0, 0.1) is 0 Å². The van der Waals surface area contributed by atoms with E-state index in [4.69, 9.17) is 17.3 Å². The first-order valence-corrected chi connectivity index (χ1v) is 5.14. The molecule has 1 aromatic heterocycles. The lowest BCUT2D eigenvalue weighted by molar-refractivity contribution is 0.187. The third kappa shape index (κ3) is 1.74. The standard InChI is InChI=1S/C11H13ClN2O/c1-14-3-2-7-4-8(10(15)6-13)5-9(12)11(7)14/h2-5,10,15H,6,13H2,1H3. The van der Waals surface area contributed by atoms with E-state index in [9.17, 15) is 5.11 Å². The molecule has 0 amide bonds. The predicted molar refractivity (Wildman–Crippen MR) is 61.9 cm³/mol. The van der Waals surface area contributed by atoms with Crippen molar-refractivity contribution < 1.29 is 5.11 Å². The van der Waals surface area contributed by atoms with Gasteiger partial charge >= 0.3 is 0 Å². The van der Waals surface area contributed by atoms with Gasteiger partial charge in [0.2, 0.25) is 0 Å². The molecule has 0 aliphatic carbocycles. The molecule has 0 radical (unpaired) electrons. The first kappa shape index (κ1) is 10.5. The van der Waals surface area contributed by atoms with E-state index >= 15 is 0 Å². The number of hydrogen-bond donors (Lipinski definition) is 2. The van der Waals surface area contributed by atoms with Gasteiger partial charge < -0.3 is 15.4 Å². The summed E-state index contributed by atoms with van der Waals surface area (Å²) in [6, 6.07) is 5.65. The number of rotatable bonds is 2. The number of aliphatic hydroxyl groups is 1. The molecule has 0 bridgehead atoms. The van der Waals surface area contributed by atoms with Crippen molar-refractivity contribution in [2.75, 3.05) is 6.54 Å². The van der Waals surface area contributed by atoms with Crippen LogP contribution in [-0.4, -0.2) is 16.2 Å². The summed E-state index contributed by atoms with van der Waals surface area (Å²) >= 11 is 6.14. The fraction of sp³-hybridized carbons (Fsp3) is 0.273. The van der Waals surface area contributed by atoms with Crippen LogP contribution in [0.3, 0.4) is 0 Å². The van der Waals surface area contributed by atoms with E-state index in [1.54, 1.807) is 6.07 Å². The number of aromatic nitrogens is 1. The molecular weight excluding hydrogens is 212 g/mol. The molecule has 80 valence electrons. The molecule has 1 atom stereocenters. The number of fused-ring (bicyclic) bond motifs is 1. The molecule has 2 rings (SSSR count). The smallest absolute Gasteiger partial charge is 0.0912 e. The summed E-state index contributed by atoms with van der Waals surface area (Å²) in [5, 5.41) is 11.3. The summed E-state index contributed by atoms with van der Waals surface area (Å²) in [6.45, 7) is 0.203. The van der Waals surface area contributed by atoms with Crippen LogP contribution in [-0.2, 0) is 7.05 Å². The summed E-state index contributed by atoms with van der Waals surface area (Å²) in [4.78, 5) is 0. The van der Waals surface area contributed by atoms with Gasteiger partial charge in [0.25, 0.3) is 0 Å². The van der Waals surface area contributed by atoms with Crippen molar-refractivity contribution in [3.63, 3.8) is 0 Å². The summed E-state index contributed by atoms with van der Waals surface area (Å²) in [5.74, 6) is 0. The number of hydrogen-bond acceptors (Lipinski definition) is 2. The van der Waals surface area contributed by atoms with Crippen molar-refractivity contribution >= 4 is 22.5 Å². The van der Waals surface area contributed by atoms with E-state index in [0.29, 0.717) is 5.02 Å². The second kappa shape index (κ2) is 3.85. The normalized spacial score (nSPS) is 13.3. The molecule has 1 heterocycles. The fourth-order valence-electron chi connectivity index (χ4n) is 1.74. The van der Waals surface area contributed by atoms with E-state index in [1.165, 1.54) is 0 Å². The van der Waals surface area contributed by atoms with Gasteiger partial charge in [-0.2, -0.15) is 0 Å². The third-order valence-corrected chi connectivity index (χ3v) is 2.84. The highest BCUT2D eigenvalue weighted by molar-refractivity contribution is 6.35. The Morgan fingerprint density at radius 2 is 2.27 bits per heavy atom. The largest absolute Gasteiger partial charge is 0.387 e. The Labute approximate surface area is 93.1 Å². The molecule has 4 heteroatoms. The zero-order valence-electron chi connectivity index (χ0n) is 8.44. The van der Waals surface area contributed by atoms with Crippen LogP contribution in [0.15, 0.2) is 24.4 Å².